The van der Waals surface area contributed by atoms with Gasteiger partial charge in [0.2, 0.25) is 15.9 Å². The van der Waals surface area contributed by atoms with Crippen LogP contribution in [0.5, 0.6) is 0 Å². The van der Waals surface area contributed by atoms with Crippen LogP contribution in [-0.2, 0) is 21.2 Å². The summed E-state index contributed by atoms with van der Waals surface area (Å²) in [6, 6.07) is 3.55. The third-order valence-electron chi connectivity index (χ3n) is 4.33. The molecule has 0 fully saturated rings. The molecule has 1 aromatic rings. The Labute approximate surface area is 153 Å². The zero-order valence-electron chi connectivity index (χ0n) is 14.5. The molecule has 134 valence electrons. The van der Waals surface area contributed by atoms with E-state index >= 15 is 0 Å². The molecule has 1 amide bonds. The monoisotopic (exact) mass is 416 g/mol. The van der Waals surface area contributed by atoms with E-state index in [9.17, 15) is 13.2 Å². The van der Waals surface area contributed by atoms with Crippen LogP contribution >= 0.6 is 15.9 Å². The van der Waals surface area contributed by atoms with Crippen molar-refractivity contribution in [3.05, 3.63) is 22.2 Å². The van der Waals surface area contributed by atoms with Crippen molar-refractivity contribution < 1.29 is 13.2 Å². The van der Waals surface area contributed by atoms with Crippen LogP contribution in [0.1, 0.15) is 45.6 Å². The highest BCUT2D eigenvalue weighted by atomic mass is 79.9. The summed E-state index contributed by atoms with van der Waals surface area (Å²) in [7, 11) is -3.64. The van der Waals surface area contributed by atoms with E-state index in [2.05, 4.69) is 15.9 Å². The molecule has 1 aliphatic rings. The molecule has 24 heavy (non-hydrogen) atoms. The van der Waals surface area contributed by atoms with Crippen molar-refractivity contribution in [3.63, 3.8) is 0 Å². The first-order chi connectivity index (χ1) is 11.4. The minimum atomic E-state index is -3.64. The van der Waals surface area contributed by atoms with Gasteiger partial charge in [-0.25, -0.2) is 8.42 Å². The minimum absolute atomic E-state index is 0.0378. The van der Waals surface area contributed by atoms with Crippen LogP contribution in [0.15, 0.2) is 21.5 Å². The van der Waals surface area contributed by atoms with E-state index in [1.165, 1.54) is 4.31 Å². The van der Waals surface area contributed by atoms with E-state index in [0.29, 0.717) is 38.2 Å². The normalized spacial score (nSPS) is 14.3. The number of nitrogens with zero attached hydrogens (tertiary/aromatic N) is 2. The lowest BCUT2D eigenvalue weighted by molar-refractivity contribution is -0.118. The summed E-state index contributed by atoms with van der Waals surface area (Å²) in [5, 5.41) is 0. The van der Waals surface area contributed by atoms with E-state index in [-0.39, 0.29) is 10.8 Å². The average Bonchev–Trinajstić information content (AvgIpc) is 2.97. The maximum absolute atomic E-state index is 13.2. The fourth-order valence-corrected chi connectivity index (χ4v) is 5.43. The maximum atomic E-state index is 13.2. The second-order valence-electron chi connectivity index (χ2n) is 5.91. The summed E-state index contributed by atoms with van der Waals surface area (Å²) < 4.78 is 28.6. The summed E-state index contributed by atoms with van der Waals surface area (Å²) in [6.45, 7) is 7.15. The van der Waals surface area contributed by atoms with Gasteiger partial charge in [-0.05, 0) is 30.5 Å². The van der Waals surface area contributed by atoms with Gasteiger partial charge in [0.15, 0.2) is 0 Å². The van der Waals surface area contributed by atoms with E-state index in [1.807, 2.05) is 19.9 Å². The Morgan fingerprint density at radius 2 is 2.00 bits per heavy atom. The lowest BCUT2D eigenvalue weighted by Gasteiger charge is -2.25. The van der Waals surface area contributed by atoms with Gasteiger partial charge in [-0.15, -0.1) is 0 Å². The number of hydrogen-bond donors (Lipinski definition) is 0. The van der Waals surface area contributed by atoms with Crippen molar-refractivity contribution in [3.8, 4) is 0 Å². The smallest absolute Gasteiger partial charge is 0.245 e. The first kappa shape index (κ1) is 19.4. The first-order valence-electron chi connectivity index (χ1n) is 8.49. The van der Waals surface area contributed by atoms with Crippen LogP contribution in [0.25, 0.3) is 0 Å². The van der Waals surface area contributed by atoms with Gasteiger partial charge in [0, 0.05) is 30.5 Å². The van der Waals surface area contributed by atoms with E-state index in [0.717, 1.165) is 22.9 Å². The molecule has 0 bridgehead atoms. The highest BCUT2D eigenvalue weighted by Crippen LogP contribution is 2.39. The Bertz CT molecular complexity index is 719. The topological polar surface area (TPSA) is 57.7 Å². The number of hydrogen-bond acceptors (Lipinski definition) is 3. The van der Waals surface area contributed by atoms with Gasteiger partial charge in [0.05, 0.1) is 5.69 Å². The van der Waals surface area contributed by atoms with Crippen molar-refractivity contribution in [2.24, 2.45) is 0 Å². The molecular formula is C17H25BrN2O3S. The molecule has 0 aliphatic carbocycles. The van der Waals surface area contributed by atoms with Crippen molar-refractivity contribution in [1.29, 1.82) is 0 Å². The molecule has 2 rings (SSSR count). The summed E-state index contributed by atoms with van der Waals surface area (Å²) in [5.41, 5.74) is 1.48. The Hall–Kier alpha value is -0.920. The number of amides is 1. The number of carbonyl (C=O) groups is 1. The van der Waals surface area contributed by atoms with Crippen LogP contribution in [0, 0.1) is 0 Å². The highest BCUT2D eigenvalue weighted by molar-refractivity contribution is 9.10. The zero-order chi connectivity index (χ0) is 17.9. The molecule has 0 radical (unpaired) electrons. The van der Waals surface area contributed by atoms with Gasteiger partial charge < -0.3 is 4.90 Å². The van der Waals surface area contributed by atoms with Crippen LogP contribution in [-0.4, -0.2) is 38.3 Å². The molecular weight excluding hydrogens is 392 g/mol. The number of benzene rings is 1. The van der Waals surface area contributed by atoms with Crippen LogP contribution in [0.4, 0.5) is 5.69 Å². The molecule has 0 saturated carbocycles. The molecule has 1 aliphatic heterocycles. The molecule has 0 atom stereocenters. The number of halogens is 1. The molecule has 1 heterocycles. The molecule has 5 nitrogen and oxygen atoms in total. The predicted octanol–water partition coefficient (Wildman–Crippen LogP) is 3.56. The van der Waals surface area contributed by atoms with Crippen molar-refractivity contribution in [2.75, 3.05) is 24.5 Å². The number of fused-ring (bicyclic) bond motifs is 1. The Kier molecular flexibility index (Phi) is 6.45. The van der Waals surface area contributed by atoms with E-state index in [1.54, 1.807) is 17.9 Å². The standard InChI is InChI=1S/C17H25BrN2O3S/c1-4-7-9-19(6-3)24(22,23)15-12-14(18)11-13-8-10-20(17(13)15)16(21)5-2/h11-12H,4-10H2,1-3H3. The van der Waals surface area contributed by atoms with Crippen LogP contribution in [0.3, 0.4) is 0 Å². The van der Waals surface area contributed by atoms with Gasteiger partial charge in [-0.3, -0.25) is 4.79 Å². The number of anilines is 1. The molecule has 0 spiro atoms. The predicted molar refractivity (Wildman–Crippen MR) is 99.8 cm³/mol. The molecule has 0 N–H and O–H groups in total. The van der Waals surface area contributed by atoms with E-state index < -0.39 is 10.0 Å². The van der Waals surface area contributed by atoms with Crippen molar-refractivity contribution in [1.82, 2.24) is 4.31 Å². The first-order valence-corrected chi connectivity index (χ1v) is 10.7. The second kappa shape index (κ2) is 7.97. The lowest BCUT2D eigenvalue weighted by atomic mass is 10.2. The fourth-order valence-electron chi connectivity index (χ4n) is 3.03. The lowest BCUT2D eigenvalue weighted by Crippen LogP contribution is -2.34. The van der Waals surface area contributed by atoms with Crippen LogP contribution < -0.4 is 4.90 Å². The third kappa shape index (κ3) is 3.68. The zero-order valence-corrected chi connectivity index (χ0v) is 16.9. The highest BCUT2D eigenvalue weighted by Gasteiger charge is 2.34. The largest absolute Gasteiger partial charge is 0.310 e. The molecule has 0 saturated heterocycles. The summed E-state index contributed by atoms with van der Waals surface area (Å²) in [5.74, 6) is -0.0378. The van der Waals surface area contributed by atoms with E-state index in [4.69, 9.17) is 0 Å². The van der Waals surface area contributed by atoms with Crippen molar-refractivity contribution >= 4 is 37.5 Å². The third-order valence-corrected chi connectivity index (χ3v) is 6.77. The molecule has 1 aromatic carbocycles. The summed E-state index contributed by atoms with van der Waals surface area (Å²) >= 11 is 3.42. The van der Waals surface area contributed by atoms with Crippen molar-refractivity contribution in [2.45, 2.75) is 51.3 Å². The molecule has 0 unspecified atom stereocenters. The van der Waals surface area contributed by atoms with Gasteiger partial charge >= 0.3 is 0 Å². The minimum Gasteiger partial charge on any atom is -0.310 e. The Balaban J connectivity index is 2.56. The average molecular weight is 417 g/mol. The number of unbranched alkanes of at least 4 members (excludes halogenated alkanes) is 1. The maximum Gasteiger partial charge on any atom is 0.245 e. The molecule has 0 aromatic heterocycles. The van der Waals surface area contributed by atoms with Gasteiger partial charge in [-0.1, -0.05) is 43.1 Å². The van der Waals surface area contributed by atoms with Gasteiger partial charge in [0.1, 0.15) is 4.90 Å². The SMILES string of the molecule is CCCCN(CC)S(=O)(=O)c1cc(Br)cc2c1N(C(=O)CC)CC2. The van der Waals surface area contributed by atoms with Gasteiger partial charge in [0.25, 0.3) is 0 Å². The van der Waals surface area contributed by atoms with Crippen LogP contribution in [0.2, 0.25) is 0 Å². The fraction of sp³-hybridized carbons (Fsp3) is 0.588. The summed E-state index contributed by atoms with van der Waals surface area (Å²) in [6.07, 6.45) is 2.80. The molecule has 7 heteroatoms. The number of sulfonamides is 1. The van der Waals surface area contributed by atoms with Gasteiger partial charge in [-0.2, -0.15) is 4.31 Å². The number of rotatable bonds is 7. The second-order valence-corrected chi connectivity index (χ2v) is 8.73. The Morgan fingerprint density at radius 3 is 2.58 bits per heavy atom. The number of carbonyl (C=O) groups excluding carboxylic acids is 1. The quantitative estimate of drug-likeness (QED) is 0.682. The Morgan fingerprint density at radius 1 is 1.29 bits per heavy atom. The summed E-state index contributed by atoms with van der Waals surface area (Å²) in [4.78, 5) is 14.1.